The van der Waals surface area contributed by atoms with Crippen LogP contribution in [0.15, 0.2) is 0 Å². The Labute approximate surface area is 114 Å². The predicted octanol–water partition coefficient (Wildman–Crippen LogP) is 1.02. The van der Waals surface area contributed by atoms with Gasteiger partial charge >= 0.3 is 12.0 Å². The molecule has 6 heteroatoms. The number of hydrogen-bond donors (Lipinski definition) is 3. The minimum absolute atomic E-state index is 0.294. The molecule has 0 aromatic rings. The SMILES string of the molecule is CCC[C@H](NC(=O)NCC(C)N1CCCC1)C(=O)O. The number of carbonyl (C=O) groups excluding carboxylic acids is 1. The predicted molar refractivity (Wildman–Crippen MR) is 73.1 cm³/mol. The van der Waals surface area contributed by atoms with Gasteiger partial charge in [-0.15, -0.1) is 0 Å². The van der Waals surface area contributed by atoms with E-state index in [2.05, 4.69) is 22.5 Å². The molecule has 1 rings (SSSR count). The van der Waals surface area contributed by atoms with Gasteiger partial charge in [0.2, 0.25) is 0 Å². The molecule has 1 unspecified atom stereocenters. The first-order chi connectivity index (χ1) is 9.04. The number of rotatable bonds is 7. The molecule has 1 aliphatic heterocycles. The molecular formula is C13H25N3O3. The molecule has 0 saturated carbocycles. The monoisotopic (exact) mass is 271 g/mol. The standard InChI is InChI=1S/C13H25N3O3/c1-3-6-11(12(17)18)15-13(19)14-9-10(2)16-7-4-5-8-16/h10-11H,3-9H2,1-2H3,(H,17,18)(H2,14,15,19)/t10?,11-/m0/s1. The third-order valence-electron chi connectivity index (χ3n) is 3.50. The lowest BCUT2D eigenvalue weighted by Gasteiger charge is -2.24. The highest BCUT2D eigenvalue weighted by Crippen LogP contribution is 2.10. The molecule has 1 heterocycles. The van der Waals surface area contributed by atoms with Crippen LogP contribution >= 0.6 is 0 Å². The normalized spacial score (nSPS) is 18.8. The van der Waals surface area contributed by atoms with E-state index >= 15 is 0 Å². The fourth-order valence-corrected chi connectivity index (χ4v) is 2.31. The molecule has 0 aromatic carbocycles. The van der Waals surface area contributed by atoms with Gasteiger partial charge in [-0.25, -0.2) is 9.59 Å². The number of hydrogen-bond acceptors (Lipinski definition) is 3. The lowest BCUT2D eigenvalue weighted by molar-refractivity contribution is -0.139. The van der Waals surface area contributed by atoms with Crippen molar-refractivity contribution in [1.82, 2.24) is 15.5 Å². The van der Waals surface area contributed by atoms with Crippen LogP contribution in [0.5, 0.6) is 0 Å². The van der Waals surface area contributed by atoms with Crippen molar-refractivity contribution in [3.63, 3.8) is 0 Å². The number of carboxylic acids is 1. The van der Waals surface area contributed by atoms with Crippen LogP contribution in [0.25, 0.3) is 0 Å². The Morgan fingerprint density at radius 1 is 1.32 bits per heavy atom. The first kappa shape index (κ1) is 15.8. The molecule has 1 fully saturated rings. The van der Waals surface area contributed by atoms with Crippen LogP contribution in [0.4, 0.5) is 4.79 Å². The molecule has 3 N–H and O–H groups in total. The number of aliphatic carboxylic acids is 1. The molecule has 19 heavy (non-hydrogen) atoms. The summed E-state index contributed by atoms with van der Waals surface area (Å²) in [5.74, 6) is -0.982. The number of carbonyl (C=O) groups is 2. The lowest BCUT2D eigenvalue weighted by Crippen LogP contribution is -2.49. The van der Waals surface area contributed by atoms with Crippen LogP contribution in [0.2, 0.25) is 0 Å². The Hall–Kier alpha value is -1.30. The number of urea groups is 1. The summed E-state index contributed by atoms with van der Waals surface area (Å²) < 4.78 is 0. The summed E-state index contributed by atoms with van der Waals surface area (Å²) in [7, 11) is 0. The van der Waals surface area contributed by atoms with E-state index in [1.807, 2.05) is 6.92 Å². The van der Waals surface area contributed by atoms with Gasteiger partial charge in [-0.1, -0.05) is 13.3 Å². The molecule has 110 valence electrons. The first-order valence-electron chi connectivity index (χ1n) is 7.05. The molecule has 2 amide bonds. The van der Waals surface area contributed by atoms with Crippen LogP contribution in [-0.2, 0) is 4.79 Å². The number of nitrogens with one attached hydrogen (secondary N) is 2. The Kier molecular flexibility index (Phi) is 6.62. The molecule has 0 spiro atoms. The number of nitrogens with zero attached hydrogens (tertiary/aromatic N) is 1. The summed E-state index contributed by atoms with van der Waals surface area (Å²) >= 11 is 0. The van der Waals surface area contributed by atoms with Gasteiger partial charge in [0.25, 0.3) is 0 Å². The van der Waals surface area contributed by atoms with E-state index in [0.717, 1.165) is 19.5 Å². The van der Waals surface area contributed by atoms with Gasteiger partial charge in [-0.2, -0.15) is 0 Å². The Morgan fingerprint density at radius 2 is 1.95 bits per heavy atom. The molecule has 0 aliphatic carbocycles. The van der Waals surface area contributed by atoms with Gasteiger partial charge in [-0.05, 0) is 39.3 Å². The minimum Gasteiger partial charge on any atom is -0.480 e. The van der Waals surface area contributed by atoms with Crippen LogP contribution in [0.1, 0.15) is 39.5 Å². The van der Waals surface area contributed by atoms with E-state index in [4.69, 9.17) is 5.11 Å². The van der Waals surface area contributed by atoms with Gasteiger partial charge in [-0.3, -0.25) is 4.90 Å². The van der Waals surface area contributed by atoms with Gasteiger partial charge in [0, 0.05) is 12.6 Å². The summed E-state index contributed by atoms with van der Waals surface area (Å²) in [6.45, 7) is 6.68. The fraction of sp³-hybridized carbons (Fsp3) is 0.846. The van der Waals surface area contributed by atoms with Gasteiger partial charge in [0.15, 0.2) is 0 Å². The van der Waals surface area contributed by atoms with E-state index in [1.165, 1.54) is 12.8 Å². The molecule has 0 radical (unpaired) electrons. The summed E-state index contributed by atoms with van der Waals surface area (Å²) in [5, 5.41) is 14.2. The number of amides is 2. The first-order valence-corrected chi connectivity index (χ1v) is 7.05. The van der Waals surface area contributed by atoms with Crippen LogP contribution in [0.3, 0.4) is 0 Å². The maximum absolute atomic E-state index is 11.6. The highest BCUT2D eigenvalue weighted by atomic mass is 16.4. The third-order valence-corrected chi connectivity index (χ3v) is 3.50. The average Bonchev–Trinajstić information content (AvgIpc) is 2.89. The van der Waals surface area contributed by atoms with Crippen LogP contribution < -0.4 is 10.6 Å². The van der Waals surface area contributed by atoms with Crippen molar-refractivity contribution in [2.75, 3.05) is 19.6 Å². The van der Waals surface area contributed by atoms with E-state index in [-0.39, 0.29) is 0 Å². The smallest absolute Gasteiger partial charge is 0.326 e. The van der Waals surface area contributed by atoms with E-state index in [9.17, 15) is 9.59 Å². The third kappa shape index (κ3) is 5.46. The van der Waals surface area contributed by atoms with Crippen molar-refractivity contribution in [2.24, 2.45) is 0 Å². The minimum atomic E-state index is -0.982. The summed E-state index contributed by atoms with van der Waals surface area (Å²) in [6, 6.07) is -0.901. The average molecular weight is 271 g/mol. The highest BCUT2D eigenvalue weighted by Gasteiger charge is 2.21. The fourth-order valence-electron chi connectivity index (χ4n) is 2.31. The molecular weight excluding hydrogens is 246 g/mol. The maximum atomic E-state index is 11.6. The summed E-state index contributed by atoms with van der Waals surface area (Å²) in [5.41, 5.74) is 0. The zero-order valence-electron chi connectivity index (χ0n) is 11.8. The van der Waals surface area contributed by atoms with Crippen molar-refractivity contribution < 1.29 is 14.7 Å². The zero-order valence-corrected chi connectivity index (χ0v) is 11.8. The Bertz CT molecular complexity index is 304. The van der Waals surface area contributed by atoms with E-state index in [1.54, 1.807) is 0 Å². The zero-order chi connectivity index (χ0) is 14.3. The maximum Gasteiger partial charge on any atom is 0.326 e. The largest absolute Gasteiger partial charge is 0.480 e. The second kappa shape index (κ2) is 7.99. The molecule has 0 bridgehead atoms. The Balaban J connectivity index is 2.27. The molecule has 6 nitrogen and oxygen atoms in total. The molecule has 2 atom stereocenters. The quantitative estimate of drug-likeness (QED) is 0.646. The topological polar surface area (TPSA) is 81.7 Å². The second-order valence-corrected chi connectivity index (χ2v) is 5.13. The van der Waals surface area contributed by atoms with Gasteiger partial charge < -0.3 is 15.7 Å². The molecule has 1 saturated heterocycles. The second-order valence-electron chi connectivity index (χ2n) is 5.13. The summed E-state index contributed by atoms with van der Waals surface area (Å²) in [6.07, 6.45) is 3.61. The summed E-state index contributed by atoms with van der Waals surface area (Å²) in [4.78, 5) is 24.9. The van der Waals surface area contributed by atoms with Crippen molar-refractivity contribution in [3.05, 3.63) is 0 Å². The van der Waals surface area contributed by atoms with Crippen LogP contribution in [-0.4, -0.2) is 53.7 Å². The van der Waals surface area contributed by atoms with Gasteiger partial charge in [0.05, 0.1) is 0 Å². The van der Waals surface area contributed by atoms with Crippen molar-refractivity contribution in [3.8, 4) is 0 Å². The Morgan fingerprint density at radius 3 is 2.47 bits per heavy atom. The molecule has 1 aliphatic rings. The van der Waals surface area contributed by atoms with Crippen molar-refractivity contribution in [1.29, 1.82) is 0 Å². The van der Waals surface area contributed by atoms with Crippen molar-refractivity contribution in [2.45, 2.75) is 51.6 Å². The van der Waals surface area contributed by atoms with E-state index in [0.29, 0.717) is 19.0 Å². The number of likely N-dealkylation sites (tertiary alicyclic amines) is 1. The highest BCUT2D eigenvalue weighted by molar-refractivity contribution is 5.82. The van der Waals surface area contributed by atoms with E-state index < -0.39 is 18.0 Å². The van der Waals surface area contributed by atoms with Gasteiger partial charge in [0.1, 0.15) is 6.04 Å². The van der Waals surface area contributed by atoms with Crippen molar-refractivity contribution >= 4 is 12.0 Å². The molecule has 0 aromatic heterocycles. The van der Waals surface area contributed by atoms with Crippen LogP contribution in [0, 0.1) is 0 Å². The number of carboxylic acid groups (broad SMARTS) is 1. The lowest BCUT2D eigenvalue weighted by atomic mass is 10.2.